The largest absolute Gasteiger partial charge is 0.356 e. The average Bonchev–Trinajstić information content (AvgIpc) is 3.45. The van der Waals surface area contributed by atoms with Crippen LogP contribution < -0.4 is 5.32 Å². The van der Waals surface area contributed by atoms with E-state index >= 15 is 0 Å². The van der Waals surface area contributed by atoms with Crippen LogP contribution in [0.1, 0.15) is 23.3 Å². The Kier molecular flexibility index (Phi) is 7.33. The molecule has 2 aromatic rings. The lowest BCUT2D eigenvalue weighted by Gasteiger charge is -2.27. The molecule has 0 spiro atoms. The normalized spacial score (nSPS) is 19.1. The van der Waals surface area contributed by atoms with Crippen molar-refractivity contribution in [3.05, 3.63) is 52.2 Å². The first-order valence-electron chi connectivity index (χ1n) is 10.7. The van der Waals surface area contributed by atoms with E-state index in [9.17, 15) is 4.79 Å². The number of rotatable bonds is 6. The van der Waals surface area contributed by atoms with Crippen molar-refractivity contribution in [3.8, 4) is 0 Å². The lowest BCUT2D eigenvalue weighted by molar-refractivity contribution is -0.131. The summed E-state index contributed by atoms with van der Waals surface area (Å²) in [7, 11) is 1.83. The Bertz CT molecular complexity index is 867. The monoisotopic (exact) mass is 442 g/mol. The third-order valence-electron chi connectivity index (χ3n) is 5.81. The Morgan fingerprint density at radius 3 is 2.93 bits per heavy atom. The molecule has 30 heavy (non-hydrogen) atoms. The second kappa shape index (κ2) is 10.4. The van der Waals surface area contributed by atoms with Gasteiger partial charge in [-0.2, -0.15) is 0 Å². The van der Waals surface area contributed by atoms with Crippen molar-refractivity contribution in [3.63, 3.8) is 0 Å². The molecule has 4 rings (SSSR count). The zero-order valence-corrected chi connectivity index (χ0v) is 19.2. The van der Waals surface area contributed by atoms with E-state index < -0.39 is 0 Å². The van der Waals surface area contributed by atoms with Crippen molar-refractivity contribution in [2.24, 2.45) is 10.9 Å². The highest BCUT2D eigenvalue weighted by Crippen LogP contribution is 2.26. The van der Waals surface area contributed by atoms with Crippen LogP contribution in [-0.4, -0.2) is 60.6 Å². The van der Waals surface area contributed by atoms with E-state index in [2.05, 4.69) is 57.0 Å². The van der Waals surface area contributed by atoms with E-state index in [1.807, 2.05) is 35.0 Å². The summed E-state index contributed by atoms with van der Waals surface area (Å²) in [5.74, 6) is 2.96. The summed E-state index contributed by atoms with van der Waals surface area (Å²) >= 11 is 3.74. The van der Waals surface area contributed by atoms with Gasteiger partial charge in [0.1, 0.15) is 0 Å². The number of guanidine groups is 1. The van der Waals surface area contributed by atoms with Crippen LogP contribution in [0.25, 0.3) is 0 Å². The molecule has 5 nitrogen and oxygen atoms in total. The van der Waals surface area contributed by atoms with E-state index in [0.29, 0.717) is 18.9 Å². The molecule has 2 aliphatic rings. The molecule has 1 unspecified atom stereocenters. The highest BCUT2D eigenvalue weighted by Gasteiger charge is 2.25. The number of fused-ring (bicyclic) bond motifs is 1. The first kappa shape index (κ1) is 21.2. The molecule has 0 radical (unpaired) electrons. The number of carbonyl (C=O) groups is 1. The van der Waals surface area contributed by atoms with Gasteiger partial charge < -0.3 is 15.1 Å². The topological polar surface area (TPSA) is 47.9 Å². The van der Waals surface area contributed by atoms with Crippen LogP contribution in [0.3, 0.4) is 0 Å². The van der Waals surface area contributed by atoms with Gasteiger partial charge in [-0.15, -0.1) is 23.1 Å². The van der Waals surface area contributed by atoms with Crippen LogP contribution in [-0.2, 0) is 17.8 Å². The fraction of sp³-hybridized carbons (Fsp3) is 0.478. The van der Waals surface area contributed by atoms with E-state index in [1.54, 1.807) is 0 Å². The van der Waals surface area contributed by atoms with E-state index in [0.717, 1.165) is 44.3 Å². The second-order valence-electron chi connectivity index (χ2n) is 7.88. The number of amides is 1. The van der Waals surface area contributed by atoms with Crippen LogP contribution >= 0.6 is 23.1 Å². The van der Waals surface area contributed by atoms with Crippen molar-refractivity contribution in [2.45, 2.75) is 30.7 Å². The maximum absolute atomic E-state index is 12.6. The Hall–Kier alpha value is -1.99. The molecule has 1 amide bonds. The van der Waals surface area contributed by atoms with Gasteiger partial charge in [-0.25, -0.2) is 0 Å². The van der Waals surface area contributed by atoms with Gasteiger partial charge >= 0.3 is 0 Å². The third-order valence-corrected chi connectivity index (χ3v) is 8.08. The minimum absolute atomic E-state index is 0.230. The number of aliphatic imine (C=N–C) groups is 1. The Labute approximate surface area is 187 Å². The molecule has 0 saturated carbocycles. The molecule has 160 valence electrons. The summed E-state index contributed by atoms with van der Waals surface area (Å²) < 4.78 is 0. The van der Waals surface area contributed by atoms with Crippen LogP contribution in [0, 0.1) is 5.92 Å². The van der Waals surface area contributed by atoms with Crippen LogP contribution in [0.15, 0.2) is 51.7 Å². The second-order valence-corrected chi connectivity index (χ2v) is 9.98. The highest BCUT2D eigenvalue weighted by molar-refractivity contribution is 7.99. The van der Waals surface area contributed by atoms with Gasteiger partial charge in [-0.3, -0.25) is 9.79 Å². The summed E-state index contributed by atoms with van der Waals surface area (Å²) in [5, 5.41) is 5.54. The molecule has 1 saturated heterocycles. The molecule has 1 fully saturated rings. The molecule has 7 heteroatoms. The van der Waals surface area contributed by atoms with E-state index in [1.165, 1.54) is 21.8 Å². The molecule has 0 bridgehead atoms. The third kappa shape index (κ3) is 5.38. The zero-order chi connectivity index (χ0) is 20.8. The van der Waals surface area contributed by atoms with Gasteiger partial charge in [0.15, 0.2) is 5.96 Å². The Balaban J connectivity index is 1.18. The van der Waals surface area contributed by atoms with Crippen molar-refractivity contribution in [1.29, 1.82) is 0 Å². The number of carbonyl (C=O) groups excluding carboxylic acids is 1. The molecule has 3 heterocycles. The van der Waals surface area contributed by atoms with E-state index in [4.69, 9.17) is 0 Å². The Morgan fingerprint density at radius 1 is 1.23 bits per heavy atom. The highest BCUT2D eigenvalue weighted by atomic mass is 32.2. The standard InChI is InChI=1S/C23H30N4OS2/c1-24-23(27-12-8-18(15-27)17-30-20-5-3-2-4-6-20)25-11-7-22(28)26-13-9-21-19(16-26)10-14-29-21/h2-6,10,14,18H,7-9,11-13,15-17H2,1H3,(H,24,25). The first-order valence-corrected chi connectivity index (χ1v) is 12.6. The number of benzene rings is 1. The number of nitrogens with one attached hydrogen (secondary N) is 1. The quantitative estimate of drug-likeness (QED) is 0.421. The van der Waals surface area contributed by atoms with Crippen LogP contribution in [0.5, 0.6) is 0 Å². The minimum Gasteiger partial charge on any atom is -0.356 e. The minimum atomic E-state index is 0.230. The number of thiophene rings is 1. The molecule has 1 N–H and O–H groups in total. The summed E-state index contributed by atoms with van der Waals surface area (Å²) in [6.45, 7) is 4.30. The van der Waals surface area contributed by atoms with Crippen LogP contribution in [0.4, 0.5) is 0 Å². The maximum atomic E-state index is 12.6. The SMILES string of the molecule is CN=C(NCCC(=O)N1CCc2sccc2C1)N1CCC(CSc2ccccc2)C1. The molecule has 1 aromatic carbocycles. The smallest absolute Gasteiger partial charge is 0.224 e. The first-order chi connectivity index (χ1) is 14.7. The summed E-state index contributed by atoms with van der Waals surface area (Å²) in [4.78, 5) is 24.2. The molecule has 1 atom stereocenters. The zero-order valence-electron chi connectivity index (χ0n) is 17.5. The van der Waals surface area contributed by atoms with Gasteiger partial charge in [0, 0.05) is 61.7 Å². The van der Waals surface area contributed by atoms with Crippen molar-refractivity contribution in [1.82, 2.24) is 15.1 Å². The number of hydrogen-bond donors (Lipinski definition) is 1. The molecule has 0 aliphatic carbocycles. The van der Waals surface area contributed by atoms with Gasteiger partial charge in [0.05, 0.1) is 0 Å². The lowest BCUT2D eigenvalue weighted by atomic mass is 10.1. The van der Waals surface area contributed by atoms with Crippen molar-refractivity contribution in [2.75, 3.05) is 39.0 Å². The van der Waals surface area contributed by atoms with E-state index in [-0.39, 0.29) is 5.91 Å². The fourth-order valence-corrected chi connectivity index (χ4v) is 6.06. The maximum Gasteiger partial charge on any atom is 0.224 e. The van der Waals surface area contributed by atoms with Gasteiger partial charge in [-0.05, 0) is 47.9 Å². The predicted molar refractivity (Wildman–Crippen MR) is 126 cm³/mol. The number of likely N-dealkylation sites (tertiary alicyclic amines) is 1. The fourth-order valence-electron chi connectivity index (χ4n) is 4.12. The molecular formula is C23H30N4OS2. The summed E-state index contributed by atoms with van der Waals surface area (Å²) in [6.07, 6.45) is 2.69. The predicted octanol–water partition coefficient (Wildman–Crippen LogP) is 3.71. The van der Waals surface area contributed by atoms with Gasteiger partial charge in [0.25, 0.3) is 0 Å². The number of nitrogens with zero attached hydrogens (tertiary/aromatic N) is 3. The van der Waals surface area contributed by atoms with Crippen molar-refractivity contribution < 1.29 is 4.79 Å². The average molecular weight is 443 g/mol. The van der Waals surface area contributed by atoms with Gasteiger partial charge in [0.2, 0.25) is 5.91 Å². The number of hydrogen-bond acceptors (Lipinski definition) is 4. The number of thioether (sulfide) groups is 1. The molecule has 2 aliphatic heterocycles. The summed E-state index contributed by atoms with van der Waals surface area (Å²) in [6, 6.07) is 12.8. The summed E-state index contributed by atoms with van der Waals surface area (Å²) in [5.41, 5.74) is 1.32. The molecule has 1 aromatic heterocycles. The van der Waals surface area contributed by atoms with Crippen LogP contribution in [0.2, 0.25) is 0 Å². The van der Waals surface area contributed by atoms with Crippen molar-refractivity contribution >= 4 is 35.0 Å². The van der Waals surface area contributed by atoms with Gasteiger partial charge in [-0.1, -0.05) is 18.2 Å². The molecular weight excluding hydrogens is 412 g/mol. The lowest BCUT2D eigenvalue weighted by Crippen LogP contribution is -2.42. The Morgan fingerprint density at radius 2 is 2.10 bits per heavy atom.